The molecule has 2 nitrogen and oxygen atoms in total. The van der Waals surface area contributed by atoms with E-state index in [0.717, 1.165) is 0 Å². The van der Waals surface area contributed by atoms with Crippen molar-refractivity contribution in [2.24, 2.45) is 0 Å². The third-order valence-corrected chi connectivity index (χ3v) is 4.11. The van der Waals surface area contributed by atoms with Crippen molar-refractivity contribution >= 4 is 9.84 Å². The molecular formula is C5H2F8O2S. The van der Waals surface area contributed by atoms with E-state index in [2.05, 4.69) is 0 Å². The molecule has 96 valence electrons. The fraction of sp³-hybridized carbons (Fsp3) is 1.00. The van der Waals surface area contributed by atoms with Crippen LogP contribution in [0.15, 0.2) is 0 Å². The monoisotopic (exact) mass is 278 g/mol. The van der Waals surface area contributed by atoms with Gasteiger partial charge in [0.1, 0.15) is 6.67 Å². The van der Waals surface area contributed by atoms with Crippen LogP contribution in [0.2, 0.25) is 0 Å². The molecule has 0 bridgehead atoms. The molecule has 0 N–H and O–H groups in total. The Labute approximate surface area is 83.1 Å². The molecule has 1 aliphatic heterocycles. The smallest absolute Gasteiger partial charge is 0.247 e. The van der Waals surface area contributed by atoms with Crippen LogP contribution in [0, 0.1) is 0 Å². The minimum atomic E-state index is -7.16. The van der Waals surface area contributed by atoms with Gasteiger partial charge in [-0.15, -0.1) is 0 Å². The van der Waals surface area contributed by atoms with Crippen LogP contribution in [0.3, 0.4) is 0 Å². The van der Waals surface area contributed by atoms with Crippen LogP contribution in [-0.2, 0) is 9.84 Å². The van der Waals surface area contributed by atoms with Gasteiger partial charge in [-0.3, -0.25) is 0 Å². The first-order valence-corrected chi connectivity index (χ1v) is 4.92. The minimum Gasteiger partial charge on any atom is -0.247 e. The van der Waals surface area contributed by atoms with E-state index in [4.69, 9.17) is 0 Å². The van der Waals surface area contributed by atoms with Gasteiger partial charge in [-0.25, -0.2) is 17.2 Å². The summed E-state index contributed by atoms with van der Waals surface area (Å²) < 4.78 is 121. The highest BCUT2D eigenvalue weighted by Crippen LogP contribution is 2.64. The molecule has 0 amide bonds. The highest BCUT2D eigenvalue weighted by molar-refractivity contribution is 7.94. The fourth-order valence-corrected chi connectivity index (χ4v) is 2.55. The maximum absolute atomic E-state index is 12.9. The molecule has 11 heteroatoms. The zero-order valence-electron chi connectivity index (χ0n) is 6.96. The number of hydrogen-bond donors (Lipinski definition) is 0. The molecule has 0 aromatic rings. The number of alkyl halides is 8. The third-order valence-electron chi connectivity index (χ3n) is 2.18. The van der Waals surface area contributed by atoms with Crippen LogP contribution in [0.4, 0.5) is 35.1 Å². The summed E-state index contributed by atoms with van der Waals surface area (Å²) in [6, 6.07) is 0. The van der Waals surface area contributed by atoms with Gasteiger partial charge in [0.2, 0.25) is 0 Å². The molecule has 0 aromatic carbocycles. The summed E-state index contributed by atoms with van der Waals surface area (Å²) in [5.41, 5.74) is -5.78. The van der Waals surface area contributed by atoms with Gasteiger partial charge in [-0.1, -0.05) is 0 Å². The Hall–Kier alpha value is -0.610. The summed E-state index contributed by atoms with van der Waals surface area (Å²) in [4.78, 5) is 0. The Kier molecular flexibility index (Phi) is 2.35. The molecule has 1 heterocycles. The van der Waals surface area contributed by atoms with Crippen molar-refractivity contribution in [3.05, 3.63) is 0 Å². The lowest BCUT2D eigenvalue weighted by Crippen LogP contribution is -2.56. The van der Waals surface area contributed by atoms with Crippen molar-refractivity contribution in [2.75, 3.05) is 6.67 Å². The quantitative estimate of drug-likeness (QED) is 0.687. The molecule has 0 spiro atoms. The Bertz CT molecular complexity index is 414. The molecule has 0 saturated carbocycles. The van der Waals surface area contributed by atoms with E-state index in [1.807, 2.05) is 0 Å². The first-order chi connectivity index (χ1) is 6.81. The Balaban J connectivity index is 3.73. The van der Waals surface area contributed by atoms with E-state index >= 15 is 0 Å². The van der Waals surface area contributed by atoms with E-state index in [1.165, 1.54) is 0 Å². The van der Waals surface area contributed by atoms with Gasteiger partial charge in [-0.05, 0) is 0 Å². The molecule has 1 unspecified atom stereocenters. The molecule has 0 radical (unpaired) electrons. The summed E-state index contributed by atoms with van der Waals surface area (Å²) in [7, 11) is -7.16. The van der Waals surface area contributed by atoms with Gasteiger partial charge in [0.05, 0.1) is 0 Å². The summed E-state index contributed by atoms with van der Waals surface area (Å²) >= 11 is 0. The van der Waals surface area contributed by atoms with Crippen molar-refractivity contribution in [3.63, 3.8) is 0 Å². The lowest BCUT2D eigenvalue weighted by Gasteiger charge is -2.26. The molecule has 1 aliphatic rings. The number of hydrogen-bond acceptors (Lipinski definition) is 2. The van der Waals surface area contributed by atoms with E-state index in [-0.39, 0.29) is 0 Å². The number of sulfone groups is 1. The molecule has 0 aromatic heterocycles. The lowest BCUT2D eigenvalue weighted by atomic mass is 10.0. The van der Waals surface area contributed by atoms with Crippen LogP contribution in [-0.4, -0.2) is 37.2 Å². The SMILES string of the molecule is O=S1(=O)C(F)(F)C(F)(F)C(F)(CF)C1(F)F. The molecule has 1 saturated heterocycles. The highest BCUT2D eigenvalue weighted by Gasteiger charge is 2.96. The molecule has 0 aliphatic carbocycles. The van der Waals surface area contributed by atoms with Gasteiger partial charge in [0, 0.05) is 0 Å². The average Bonchev–Trinajstić information content (AvgIpc) is 2.18. The normalized spacial score (nSPS) is 38.5. The van der Waals surface area contributed by atoms with Crippen molar-refractivity contribution in [2.45, 2.75) is 22.1 Å². The van der Waals surface area contributed by atoms with Gasteiger partial charge in [0.25, 0.3) is 15.5 Å². The van der Waals surface area contributed by atoms with E-state index < -0.39 is 38.6 Å². The molecule has 1 rings (SSSR count). The van der Waals surface area contributed by atoms with E-state index in [0.29, 0.717) is 0 Å². The van der Waals surface area contributed by atoms with Gasteiger partial charge in [-0.2, -0.15) is 26.3 Å². The van der Waals surface area contributed by atoms with Crippen LogP contribution >= 0.6 is 0 Å². The second-order valence-corrected chi connectivity index (χ2v) is 5.08. The summed E-state index contributed by atoms with van der Waals surface area (Å²) in [5, 5.41) is -12.6. The zero-order chi connectivity index (χ0) is 13.2. The maximum Gasteiger partial charge on any atom is 0.417 e. The number of rotatable bonds is 1. The second kappa shape index (κ2) is 2.79. The lowest BCUT2D eigenvalue weighted by molar-refractivity contribution is -0.255. The van der Waals surface area contributed by atoms with Crippen LogP contribution in [0.25, 0.3) is 0 Å². The standard InChI is InChI=1S/C5H2F8O2S/c6-1-2(7)3(8,9)5(12,13)16(14,15)4(2,10)11/h1H2. The summed E-state index contributed by atoms with van der Waals surface area (Å²) in [6.07, 6.45) is 0. The maximum atomic E-state index is 12.9. The Morgan fingerprint density at radius 1 is 0.812 bits per heavy atom. The van der Waals surface area contributed by atoms with Crippen LogP contribution < -0.4 is 0 Å². The van der Waals surface area contributed by atoms with Gasteiger partial charge < -0.3 is 0 Å². The first kappa shape index (κ1) is 13.5. The van der Waals surface area contributed by atoms with Crippen molar-refractivity contribution in [1.82, 2.24) is 0 Å². The highest BCUT2D eigenvalue weighted by atomic mass is 32.2. The summed E-state index contributed by atoms with van der Waals surface area (Å²) in [5.74, 6) is -6.35. The molecule has 16 heavy (non-hydrogen) atoms. The van der Waals surface area contributed by atoms with Gasteiger partial charge >= 0.3 is 16.4 Å². The van der Waals surface area contributed by atoms with Crippen LogP contribution in [0.1, 0.15) is 0 Å². The topological polar surface area (TPSA) is 34.1 Å². The predicted octanol–water partition coefficient (Wildman–Crippen LogP) is 1.91. The van der Waals surface area contributed by atoms with Crippen molar-refractivity contribution in [3.8, 4) is 0 Å². The van der Waals surface area contributed by atoms with E-state index in [1.54, 1.807) is 0 Å². The largest absolute Gasteiger partial charge is 0.417 e. The molecule has 1 atom stereocenters. The predicted molar refractivity (Wildman–Crippen MR) is 33.6 cm³/mol. The van der Waals surface area contributed by atoms with Crippen molar-refractivity contribution < 1.29 is 43.5 Å². The average molecular weight is 278 g/mol. The zero-order valence-corrected chi connectivity index (χ0v) is 7.77. The molecular weight excluding hydrogens is 276 g/mol. The number of halogens is 8. The van der Waals surface area contributed by atoms with Crippen LogP contribution in [0.5, 0.6) is 0 Å². The van der Waals surface area contributed by atoms with Crippen molar-refractivity contribution in [1.29, 1.82) is 0 Å². The Morgan fingerprint density at radius 3 is 1.31 bits per heavy atom. The third kappa shape index (κ3) is 0.915. The van der Waals surface area contributed by atoms with E-state index in [9.17, 15) is 43.5 Å². The fourth-order valence-electron chi connectivity index (χ4n) is 1.12. The van der Waals surface area contributed by atoms with Gasteiger partial charge in [0.15, 0.2) is 0 Å². The molecule has 1 fully saturated rings. The second-order valence-electron chi connectivity index (χ2n) is 3.05. The Morgan fingerprint density at radius 2 is 1.19 bits per heavy atom. The first-order valence-electron chi connectivity index (χ1n) is 3.44. The summed E-state index contributed by atoms with van der Waals surface area (Å²) in [6.45, 7) is -3.26. The minimum absolute atomic E-state index is 3.26.